The third-order valence-corrected chi connectivity index (χ3v) is 4.53. The molecule has 1 saturated heterocycles. The number of nitrogens with one attached hydrogen (secondary N) is 1. The first-order valence-corrected chi connectivity index (χ1v) is 8.61. The van der Waals surface area contributed by atoms with Gasteiger partial charge >= 0.3 is 0 Å². The normalized spacial score (nSPS) is 17.3. The van der Waals surface area contributed by atoms with E-state index in [9.17, 15) is 4.79 Å². The lowest BCUT2D eigenvalue weighted by Gasteiger charge is -2.36. The van der Waals surface area contributed by atoms with Crippen LogP contribution in [0.1, 0.15) is 13.8 Å². The van der Waals surface area contributed by atoms with Crippen molar-refractivity contribution in [2.45, 2.75) is 19.9 Å². The summed E-state index contributed by atoms with van der Waals surface area (Å²) < 4.78 is 0. The van der Waals surface area contributed by atoms with Gasteiger partial charge in [0.15, 0.2) is 0 Å². The predicted octanol–water partition coefficient (Wildman–Crippen LogP) is 1.56. The Balaban J connectivity index is 1.70. The highest BCUT2D eigenvalue weighted by Crippen LogP contribution is 2.20. The van der Waals surface area contributed by atoms with Gasteiger partial charge in [0.25, 0.3) is 0 Å². The van der Waals surface area contributed by atoms with Crippen molar-refractivity contribution in [3.8, 4) is 0 Å². The molecule has 1 fully saturated rings. The number of piperazine rings is 1. The predicted molar refractivity (Wildman–Crippen MR) is 95.9 cm³/mol. The van der Waals surface area contributed by atoms with Crippen LogP contribution in [-0.4, -0.2) is 56.1 Å². The van der Waals surface area contributed by atoms with Crippen LogP contribution in [0.2, 0.25) is 5.02 Å². The van der Waals surface area contributed by atoms with Gasteiger partial charge in [0.1, 0.15) is 0 Å². The lowest BCUT2D eigenvalue weighted by Crippen LogP contribution is -2.50. The molecule has 0 aromatic heterocycles. The summed E-state index contributed by atoms with van der Waals surface area (Å²) in [5.41, 5.74) is 7.01. The number of hydrogen-bond donors (Lipinski definition) is 2. The summed E-state index contributed by atoms with van der Waals surface area (Å²) in [4.78, 5) is 16.5. The van der Waals surface area contributed by atoms with Gasteiger partial charge in [0.2, 0.25) is 5.91 Å². The summed E-state index contributed by atoms with van der Waals surface area (Å²) in [5.74, 6) is 0.105. The highest BCUT2D eigenvalue weighted by molar-refractivity contribution is 6.30. The first-order chi connectivity index (χ1) is 11.0. The fraction of sp³-hybridized carbons (Fsp3) is 0.588. The zero-order valence-corrected chi connectivity index (χ0v) is 14.7. The molecule has 1 aliphatic heterocycles. The van der Waals surface area contributed by atoms with Crippen LogP contribution in [0.3, 0.4) is 0 Å². The lowest BCUT2D eigenvalue weighted by molar-refractivity contribution is -0.123. The second kappa shape index (κ2) is 8.52. The van der Waals surface area contributed by atoms with Crippen molar-refractivity contribution in [1.82, 2.24) is 10.2 Å². The van der Waals surface area contributed by atoms with E-state index in [1.807, 2.05) is 32.0 Å². The molecular formula is C17H27ClN4O. The average molecular weight is 339 g/mol. The van der Waals surface area contributed by atoms with Gasteiger partial charge in [-0.15, -0.1) is 0 Å². The third kappa shape index (κ3) is 5.37. The van der Waals surface area contributed by atoms with Crippen molar-refractivity contribution in [2.75, 3.05) is 44.2 Å². The Labute approximate surface area is 143 Å². The number of rotatable bonds is 6. The Hall–Kier alpha value is -1.30. The fourth-order valence-corrected chi connectivity index (χ4v) is 2.84. The first kappa shape index (κ1) is 18.0. The quantitative estimate of drug-likeness (QED) is 0.826. The number of anilines is 1. The number of benzene rings is 1. The lowest BCUT2D eigenvalue weighted by atomic mass is 10.1. The van der Waals surface area contributed by atoms with Crippen molar-refractivity contribution in [3.63, 3.8) is 0 Å². The van der Waals surface area contributed by atoms with Gasteiger partial charge in [0.05, 0.1) is 6.04 Å². The highest BCUT2D eigenvalue weighted by atomic mass is 35.5. The molecule has 1 amide bonds. The molecule has 1 aromatic rings. The number of carbonyl (C=O) groups is 1. The van der Waals surface area contributed by atoms with Crippen LogP contribution < -0.4 is 16.0 Å². The zero-order valence-electron chi connectivity index (χ0n) is 14.0. The molecule has 0 saturated carbocycles. The van der Waals surface area contributed by atoms with Crippen LogP contribution in [-0.2, 0) is 4.79 Å². The Morgan fingerprint density at radius 1 is 1.30 bits per heavy atom. The molecule has 0 bridgehead atoms. The summed E-state index contributed by atoms with van der Waals surface area (Å²) in [6.45, 7) is 9.34. The summed E-state index contributed by atoms with van der Waals surface area (Å²) >= 11 is 6.05. The second-order valence-corrected chi connectivity index (χ2v) is 6.81. The van der Waals surface area contributed by atoms with Crippen LogP contribution in [0.5, 0.6) is 0 Å². The molecule has 0 radical (unpaired) electrons. The SMILES string of the molecule is CC(C)[C@H](N)C(=O)NCCN1CCN(c2cccc(Cl)c2)CC1. The molecule has 2 rings (SSSR count). The number of hydrogen-bond acceptors (Lipinski definition) is 4. The first-order valence-electron chi connectivity index (χ1n) is 8.23. The molecule has 1 heterocycles. The molecule has 5 nitrogen and oxygen atoms in total. The molecule has 0 unspecified atom stereocenters. The minimum atomic E-state index is -0.422. The Bertz CT molecular complexity index is 515. The number of carbonyl (C=O) groups excluding carboxylic acids is 1. The molecule has 128 valence electrons. The van der Waals surface area contributed by atoms with E-state index >= 15 is 0 Å². The Kier molecular flexibility index (Phi) is 6.69. The second-order valence-electron chi connectivity index (χ2n) is 6.37. The van der Waals surface area contributed by atoms with E-state index in [4.69, 9.17) is 17.3 Å². The van der Waals surface area contributed by atoms with E-state index in [1.54, 1.807) is 0 Å². The van der Waals surface area contributed by atoms with E-state index in [-0.39, 0.29) is 11.8 Å². The van der Waals surface area contributed by atoms with Crippen LogP contribution in [0, 0.1) is 5.92 Å². The van der Waals surface area contributed by atoms with E-state index < -0.39 is 6.04 Å². The van der Waals surface area contributed by atoms with Gasteiger partial charge in [-0.25, -0.2) is 0 Å². The molecule has 3 N–H and O–H groups in total. The van der Waals surface area contributed by atoms with Crippen molar-refractivity contribution in [1.29, 1.82) is 0 Å². The van der Waals surface area contributed by atoms with Gasteiger partial charge < -0.3 is 16.0 Å². The van der Waals surface area contributed by atoms with Gasteiger partial charge in [0, 0.05) is 50.0 Å². The fourth-order valence-electron chi connectivity index (χ4n) is 2.66. The summed E-state index contributed by atoms with van der Waals surface area (Å²) in [6, 6.07) is 7.55. The van der Waals surface area contributed by atoms with Gasteiger partial charge in [-0.3, -0.25) is 9.69 Å². The van der Waals surface area contributed by atoms with E-state index in [2.05, 4.69) is 21.2 Å². The highest BCUT2D eigenvalue weighted by Gasteiger charge is 2.19. The molecule has 1 aromatic carbocycles. The summed E-state index contributed by atoms with van der Waals surface area (Å²) in [7, 11) is 0. The van der Waals surface area contributed by atoms with Crippen LogP contribution >= 0.6 is 11.6 Å². The minimum Gasteiger partial charge on any atom is -0.369 e. The largest absolute Gasteiger partial charge is 0.369 e. The number of nitrogens with two attached hydrogens (primary N) is 1. The number of nitrogens with zero attached hydrogens (tertiary/aromatic N) is 2. The van der Waals surface area contributed by atoms with Crippen LogP contribution in [0.15, 0.2) is 24.3 Å². The Morgan fingerprint density at radius 3 is 2.61 bits per heavy atom. The van der Waals surface area contributed by atoms with E-state index in [0.717, 1.165) is 37.7 Å². The van der Waals surface area contributed by atoms with Crippen molar-refractivity contribution < 1.29 is 4.79 Å². The molecular weight excluding hydrogens is 312 g/mol. The van der Waals surface area contributed by atoms with Crippen LogP contribution in [0.25, 0.3) is 0 Å². The maximum Gasteiger partial charge on any atom is 0.237 e. The maximum absolute atomic E-state index is 11.8. The van der Waals surface area contributed by atoms with Crippen LogP contribution in [0.4, 0.5) is 5.69 Å². The molecule has 1 aliphatic rings. The van der Waals surface area contributed by atoms with Gasteiger partial charge in [-0.2, -0.15) is 0 Å². The summed E-state index contributed by atoms with van der Waals surface area (Å²) in [5, 5.41) is 3.70. The Morgan fingerprint density at radius 2 is 2.00 bits per heavy atom. The van der Waals surface area contributed by atoms with Gasteiger partial charge in [-0.05, 0) is 24.1 Å². The molecule has 6 heteroatoms. The maximum atomic E-state index is 11.8. The topological polar surface area (TPSA) is 61.6 Å². The molecule has 0 spiro atoms. The molecule has 0 aliphatic carbocycles. The molecule has 23 heavy (non-hydrogen) atoms. The monoisotopic (exact) mass is 338 g/mol. The summed E-state index contributed by atoms with van der Waals surface area (Å²) in [6.07, 6.45) is 0. The van der Waals surface area contributed by atoms with Crippen molar-refractivity contribution in [3.05, 3.63) is 29.3 Å². The zero-order chi connectivity index (χ0) is 16.8. The number of halogens is 1. The average Bonchev–Trinajstić information content (AvgIpc) is 2.54. The third-order valence-electron chi connectivity index (χ3n) is 4.29. The van der Waals surface area contributed by atoms with Crippen molar-refractivity contribution in [2.24, 2.45) is 11.7 Å². The van der Waals surface area contributed by atoms with Gasteiger partial charge in [-0.1, -0.05) is 31.5 Å². The standard InChI is InChI=1S/C17H27ClN4O/c1-13(2)16(19)17(23)20-6-7-21-8-10-22(11-9-21)15-5-3-4-14(18)12-15/h3-5,12-13,16H,6-11,19H2,1-2H3,(H,20,23)/t16-/m0/s1. The number of amides is 1. The molecule has 1 atom stereocenters. The smallest absolute Gasteiger partial charge is 0.237 e. The van der Waals surface area contributed by atoms with E-state index in [0.29, 0.717) is 6.54 Å². The van der Waals surface area contributed by atoms with E-state index in [1.165, 1.54) is 5.69 Å². The van der Waals surface area contributed by atoms with Crippen molar-refractivity contribution >= 4 is 23.2 Å². The minimum absolute atomic E-state index is 0.0578.